The molecule has 0 saturated carbocycles. The van der Waals surface area contributed by atoms with Crippen LogP contribution in [0.3, 0.4) is 0 Å². The van der Waals surface area contributed by atoms with Gasteiger partial charge < -0.3 is 15.4 Å². The molecule has 0 aliphatic rings. The minimum Gasteiger partial charge on any atom is -0.465 e. The molecular formula is C22H19ClN2O4S. The molecule has 0 atom stereocenters. The van der Waals surface area contributed by atoms with E-state index in [1.807, 2.05) is 25.1 Å². The SMILES string of the molecule is COC(=O)c1c(NC(=O)c2ccccc2Cl)sc(C(=O)Nc2ccccc2C)c1C. The zero-order chi connectivity index (χ0) is 21.8. The van der Waals surface area contributed by atoms with E-state index in [2.05, 4.69) is 10.6 Å². The third kappa shape index (κ3) is 4.37. The Morgan fingerprint density at radius 2 is 1.60 bits per heavy atom. The molecule has 3 aromatic rings. The molecule has 0 bridgehead atoms. The summed E-state index contributed by atoms with van der Waals surface area (Å²) in [6.07, 6.45) is 0. The van der Waals surface area contributed by atoms with E-state index in [0.717, 1.165) is 16.9 Å². The lowest BCUT2D eigenvalue weighted by molar-refractivity contribution is 0.0601. The van der Waals surface area contributed by atoms with Gasteiger partial charge in [0.15, 0.2) is 0 Å². The summed E-state index contributed by atoms with van der Waals surface area (Å²) in [5.41, 5.74) is 2.38. The van der Waals surface area contributed by atoms with Crippen LogP contribution in [-0.4, -0.2) is 24.9 Å². The van der Waals surface area contributed by atoms with Crippen LogP contribution in [0.1, 0.15) is 41.5 Å². The first-order valence-corrected chi connectivity index (χ1v) is 10.2. The van der Waals surface area contributed by atoms with Crippen LogP contribution in [0, 0.1) is 13.8 Å². The Morgan fingerprint density at radius 1 is 0.933 bits per heavy atom. The molecule has 2 amide bonds. The minimum absolute atomic E-state index is 0.137. The van der Waals surface area contributed by atoms with E-state index in [1.165, 1.54) is 7.11 Å². The third-order valence-electron chi connectivity index (χ3n) is 4.48. The molecule has 0 radical (unpaired) electrons. The molecule has 8 heteroatoms. The zero-order valence-corrected chi connectivity index (χ0v) is 18.1. The highest BCUT2D eigenvalue weighted by Crippen LogP contribution is 2.35. The molecular weight excluding hydrogens is 424 g/mol. The normalized spacial score (nSPS) is 10.4. The highest BCUT2D eigenvalue weighted by Gasteiger charge is 2.27. The van der Waals surface area contributed by atoms with Gasteiger partial charge in [0.2, 0.25) is 0 Å². The second-order valence-electron chi connectivity index (χ2n) is 6.45. The van der Waals surface area contributed by atoms with Crippen LogP contribution < -0.4 is 10.6 Å². The summed E-state index contributed by atoms with van der Waals surface area (Å²) in [5.74, 6) is -1.51. The lowest BCUT2D eigenvalue weighted by atomic mass is 10.1. The van der Waals surface area contributed by atoms with Crippen molar-refractivity contribution in [2.24, 2.45) is 0 Å². The predicted octanol–water partition coefficient (Wildman–Crippen LogP) is 5.31. The van der Waals surface area contributed by atoms with Gasteiger partial charge in [0.25, 0.3) is 11.8 Å². The Labute approximate surface area is 182 Å². The zero-order valence-electron chi connectivity index (χ0n) is 16.5. The fourth-order valence-corrected chi connectivity index (χ4v) is 4.18. The van der Waals surface area contributed by atoms with Gasteiger partial charge in [-0.15, -0.1) is 11.3 Å². The number of nitrogens with one attached hydrogen (secondary N) is 2. The number of halogens is 1. The molecule has 6 nitrogen and oxygen atoms in total. The molecule has 3 rings (SSSR count). The Bertz CT molecular complexity index is 1140. The van der Waals surface area contributed by atoms with Crippen LogP contribution in [0.15, 0.2) is 48.5 Å². The third-order valence-corrected chi connectivity index (χ3v) is 6.02. The van der Waals surface area contributed by atoms with Crippen LogP contribution in [0.2, 0.25) is 5.02 Å². The summed E-state index contributed by atoms with van der Waals surface area (Å²) in [7, 11) is 1.24. The molecule has 0 fully saturated rings. The fraction of sp³-hybridized carbons (Fsp3) is 0.136. The molecule has 0 aliphatic carbocycles. The van der Waals surface area contributed by atoms with Crippen molar-refractivity contribution in [1.29, 1.82) is 0 Å². The maximum Gasteiger partial charge on any atom is 0.341 e. The average molecular weight is 443 g/mol. The molecule has 1 heterocycles. The van der Waals surface area contributed by atoms with Crippen molar-refractivity contribution in [2.45, 2.75) is 13.8 Å². The maximum absolute atomic E-state index is 12.9. The molecule has 30 heavy (non-hydrogen) atoms. The molecule has 2 aromatic carbocycles. The first kappa shape index (κ1) is 21.5. The van der Waals surface area contributed by atoms with Gasteiger partial charge in [-0.25, -0.2) is 4.79 Å². The molecule has 0 aliphatic heterocycles. The van der Waals surface area contributed by atoms with Crippen molar-refractivity contribution in [2.75, 3.05) is 17.7 Å². The standard InChI is InChI=1S/C22H19ClN2O4S/c1-12-8-4-7-11-16(12)24-20(27)18-13(2)17(22(28)29-3)21(30-18)25-19(26)14-9-5-6-10-15(14)23/h4-11H,1-3H3,(H,24,27)(H,25,26). The molecule has 0 unspecified atom stereocenters. The molecule has 1 aromatic heterocycles. The molecule has 154 valence electrons. The summed E-state index contributed by atoms with van der Waals surface area (Å²) in [5, 5.41) is 6.03. The topological polar surface area (TPSA) is 84.5 Å². The van der Waals surface area contributed by atoms with Crippen LogP contribution in [0.25, 0.3) is 0 Å². The Kier molecular flexibility index (Phi) is 6.54. The highest BCUT2D eigenvalue weighted by molar-refractivity contribution is 7.19. The number of para-hydroxylation sites is 1. The quantitative estimate of drug-likeness (QED) is 0.524. The van der Waals surface area contributed by atoms with Crippen LogP contribution in [0.5, 0.6) is 0 Å². The van der Waals surface area contributed by atoms with Gasteiger partial charge in [-0.05, 0) is 43.2 Å². The fourth-order valence-electron chi connectivity index (χ4n) is 2.87. The van der Waals surface area contributed by atoms with Crippen molar-refractivity contribution in [3.05, 3.63) is 80.7 Å². The number of esters is 1. The Hall–Kier alpha value is -3.16. The van der Waals surface area contributed by atoms with E-state index >= 15 is 0 Å². The van der Waals surface area contributed by atoms with Gasteiger partial charge in [0.1, 0.15) is 5.00 Å². The smallest absolute Gasteiger partial charge is 0.341 e. The number of hydrogen-bond acceptors (Lipinski definition) is 5. The number of aryl methyl sites for hydroxylation is 1. The van der Waals surface area contributed by atoms with Gasteiger partial charge in [-0.1, -0.05) is 41.9 Å². The van der Waals surface area contributed by atoms with Crippen LogP contribution in [0.4, 0.5) is 10.7 Å². The van der Waals surface area contributed by atoms with Crippen LogP contribution >= 0.6 is 22.9 Å². The van der Waals surface area contributed by atoms with Crippen molar-refractivity contribution < 1.29 is 19.1 Å². The van der Waals surface area contributed by atoms with Crippen molar-refractivity contribution in [3.8, 4) is 0 Å². The van der Waals surface area contributed by atoms with E-state index in [0.29, 0.717) is 16.1 Å². The number of carbonyl (C=O) groups is 3. The number of anilines is 2. The maximum atomic E-state index is 12.9. The van der Waals surface area contributed by atoms with Crippen LogP contribution in [-0.2, 0) is 4.74 Å². The Morgan fingerprint density at radius 3 is 2.27 bits per heavy atom. The second kappa shape index (κ2) is 9.11. The van der Waals surface area contributed by atoms with E-state index < -0.39 is 11.9 Å². The minimum atomic E-state index is -0.645. The number of hydrogen-bond donors (Lipinski definition) is 2. The van der Waals surface area contributed by atoms with Gasteiger partial charge in [0, 0.05) is 5.69 Å². The summed E-state index contributed by atoms with van der Waals surface area (Å²) in [6.45, 7) is 3.52. The molecule has 0 saturated heterocycles. The van der Waals surface area contributed by atoms with Crippen molar-refractivity contribution in [3.63, 3.8) is 0 Å². The average Bonchev–Trinajstić information content (AvgIpc) is 3.05. The summed E-state index contributed by atoms with van der Waals surface area (Å²) in [6, 6.07) is 13.9. The number of methoxy groups -OCH3 is 1. The van der Waals surface area contributed by atoms with Gasteiger partial charge in [0.05, 0.1) is 28.1 Å². The van der Waals surface area contributed by atoms with Crippen molar-refractivity contribution in [1.82, 2.24) is 0 Å². The number of rotatable bonds is 5. The lowest BCUT2D eigenvalue weighted by Crippen LogP contribution is -2.15. The Balaban J connectivity index is 1.96. The number of benzene rings is 2. The molecule has 0 spiro atoms. The first-order chi connectivity index (χ1) is 14.3. The first-order valence-electron chi connectivity index (χ1n) is 8.98. The largest absolute Gasteiger partial charge is 0.465 e. The number of carbonyl (C=O) groups excluding carboxylic acids is 3. The van der Waals surface area contributed by atoms with Gasteiger partial charge in [-0.3, -0.25) is 9.59 Å². The van der Waals surface area contributed by atoms with E-state index in [9.17, 15) is 14.4 Å². The predicted molar refractivity (Wildman–Crippen MR) is 119 cm³/mol. The van der Waals surface area contributed by atoms with Crippen molar-refractivity contribution >= 4 is 51.4 Å². The van der Waals surface area contributed by atoms with Gasteiger partial charge >= 0.3 is 5.97 Å². The lowest BCUT2D eigenvalue weighted by Gasteiger charge is -2.07. The number of thiophene rings is 1. The van der Waals surface area contributed by atoms with E-state index in [1.54, 1.807) is 37.3 Å². The van der Waals surface area contributed by atoms with E-state index in [4.69, 9.17) is 16.3 Å². The van der Waals surface area contributed by atoms with E-state index in [-0.39, 0.29) is 27.1 Å². The monoisotopic (exact) mass is 442 g/mol. The highest BCUT2D eigenvalue weighted by atomic mass is 35.5. The number of ether oxygens (including phenoxy) is 1. The van der Waals surface area contributed by atoms with Gasteiger partial charge in [-0.2, -0.15) is 0 Å². The second-order valence-corrected chi connectivity index (χ2v) is 7.88. The number of amides is 2. The summed E-state index contributed by atoms with van der Waals surface area (Å²) < 4.78 is 4.86. The molecule has 2 N–H and O–H groups in total. The summed E-state index contributed by atoms with van der Waals surface area (Å²) in [4.78, 5) is 38.2. The summed E-state index contributed by atoms with van der Waals surface area (Å²) >= 11 is 7.10.